The number of rotatable bonds is 5. The third kappa shape index (κ3) is 3.27. The average Bonchev–Trinajstić information content (AvgIpc) is 3.28. The molecule has 0 amide bonds. The number of fused-ring (bicyclic) bond motifs is 1. The smallest absolute Gasteiger partial charge is 0.231 e. The van der Waals surface area contributed by atoms with Crippen LogP contribution in [0.5, 0.6) is 11.5 Å². The van der Waals surface area contributed by atoms with Gasteiger partial charge in [0.25, 0.3) is 0 Å². The summed E-state index contributed by atoms with van der Waals surface area (Å²) in [4.78, 5) is 7.25. The van der Waals surface area contributed by atoms with E-state index in [-0.39, 0.29) is 6.10 Å². The van der Waals surface area contributed by atoms with Crippen molar-refractivity contribution in [1.82, 2.24) is 9.88 Å². The molecule has 6 heteroatoms. The molecule has 2 aromatic rings. The predicted molar refractivity (Wildman–Crippen MR) is 93.4 cm³/mol. The lowest BCUT2D eigenvalue weighted by molar-refractivity contribution is 0.130. The molecule has 0 bridgehead atoms. The summed E-state index contributed by atoms with van der Waals surface area (Å²) in [7, 11) is 0. The normalized spacial score (nSPS) is 21.3. The summed E-state index contributed by atoms with van der Waals surface area (Å²) in [5, 5.41) is 12.8. The SMILES string of the molecule is CC(O)CC1CCCN1Cc1csc(-c2ccc3c(c2)OCO3)n1. The Balaban J connectivity index is 1.47. The zero-order valence-corrected chi connectivity index (χ0v) is 14.6. The second kappa shape index (κ2) is 6.70. The number of aromatic nitrogens is 1. The summed E-state index contributed by atoms with van der Waals surface area (Å²) in [5.41, 5.74) is 2.17. The van der Waals surface area contributed by atoms with Gasteiger partial charge >= 0.3 is 0 Å². The maximum absolute atomic E-state index is 9.66. The van der Waals surface area contributed by atoms with Crippen molar-refractivity contribution >= 4 is 11.3 Å². The maximum atomic E-state index is 9.66. The van der Waals surface area contributed by atoms with Gasteiger partial charge in [-0.25, -0.2) is 4.98 Å². The number of hydrogen-bond acceptors (Lipinski definition) is 6. The summed E-state index contributed by atoms with van der Waals surface area (Å²) in [6.45, 7) is 4.12. The van der Waals surface area contributed by atoms with Crippen LogP contribution in [0.4, 0.5) is 0 Å². The highest BCUT2D eigenvalue weighted by molar-refractivity contribution is 7.13. The van der Waals surface area contributed by atoms with Gasteiger partial charge in [-0.3, -0.25) is 4.90 Å². The van der Waals surface area contributed by atoms with Crippen molar-refractivity contribution in [3.8, 4) is 22.1 Å². The molecule has 3 heterocycles. The first kappa shape index (κ1) is 15.9. The molecule has 1 N–H and O–H groups in total. The van der Waals surface area contributed by atoms with E-state index in [0.29, 0.717) is 12.8 Å². The van der Waals surface area contributed by atoms with Crippen molar-refractivity contribution in [2.24, 2.45) is 0 Å². The highest BCUT2D eigenvalue weighted by Crippen LogP contribution is 2.37. The standard InChI is InChI=1S/C18H22N2O3S/c1-12(21)7-15-3-2-6-20(15)9-14-10-24-18(19-14)13-4-5-16-17(8-13)23-11-22-16/h4-5,8,10,12,15,21H,2-3,6-7,9,11H2,1H3. The van der Waals surface area contributed by atoms with E-state index in [9.17, 15) is 5.11 Å². The van der Waals surface area contributed by atoms with Crippen molar-refractivity contribution in [2.75, 3.05) is 13.3 Å². The van der Waals surface area contributed by atoms with Gasteiger partial charge in [-0.05, 0) is 50.9 Å². The topological polar surface area (TPSA) is 54.8 Å². The molecule has 1 saturated heterocycles. The van der Waals surface area contributed by atoms with Crippen molar-refractivity contribution in [1.29, 1.82) is 0 Å². The van der Waals surface area contributed by atoms with E-state index in [2.05, 4.69) is 10.3 Å². The van der Waals surface area contributed by atoms with E-state index >= 15 is 0 Å². The number of likely N-dealkylation sites (tertiary alicyclic amines) is 1. The molecule has 5 nitrogen and oxygen atoms in total. The van der Waals surface area contributed by atoms with Crippen LogP contribution in [0.2, 0.25) is 0 Å². The molecule has 2 aliphatic heterocycles. The third-order valence-corrected chi connectivity index (χ3v) is 5.59. The summed E-state index contributed by atoms with van der Waals surface area (Å²) in [5.74, 6) is 1.59. The molecule has 0 radical (unpaired) electrons. The molecule has 1 aromatic carbocycles. The Kier molecular flexibility index (Phi) is 4.43. The van der Waals surface area contributed by atoms with Crippen molar-refractivity contribution < 1.29 is 14.6 Å². The number of aliphatic hydroxyl groups is 1. The minimum Gasteiger partial charge on any atom is -0.454 e. The fourth-order valence-electron chi connectivity index (χ4n) is 3.51. The molecule has 2 atom stereocenters. The van der Waals surface area contributed by atoms with Crippen LogP contribution in [0, 0.1) is 0 Å². The summed E-state index contributed by atoms with van der Waals surface area (Å²) >= 11 is 1.66. The largest absolute Gasteiger partial charge is 0.454 e. The lowest BCUT2D eigenvalue weighted by atomic mass is 10.1. The summed E-state index contributed by atoms with van der Waals surface area (Å²) in [6, 6.07) is 6.44. The Morgan fingerprint density at radius 1 is 1.38 bits per heavy atom. The van der Waals surface area contributed by atoms with Crippen LogP contribution in [0.15, 0.2) is 23.6 Å². The molecule has 128 valence electrons. The van der Waals surface area contributed by atoms with Gasteiger partial charge in [-0.2, -0.15) is 0 Å². The number of nitrogens with zero attached hydrogens (tertiary/aromatic N) is 2. The Hall–Kier alpha value is -1.63. The summed E-state index contributed by atoms with van der Waals surface area (Å²) in [6.07, 6.45) is 2.98. The highest BCUT2D eigenvalue weighted by atomic mass is 32.1. The van der Waals surface area contributed by atoms with Crippen LogP contribution >= 0.6 is 11.3 Å². The average molecular weight is 346 g/mol. The minimum atomic E-state index is -0.241. The van der Waals surface area contributed by atoms with E-state index in [1.54, 1.807) is 11.3 Å². The molecule has 0 aliphatic carbocycles. The van der Waals surface area contributed by atoms with Gasteiger partial charge in [0.05, 0.1) is 11.8 Å². The number of hydrogen-bond donors (Lipinski definition) is 1. The Bertz CT molecular complexity index is 716. The Labute approximate surface area is 145 Å². The molecule has 4 rings (SSSR count). The van der Waals surface area contributed by atoms with Crippen LogP contribution in [-0.2, 0) is 6.54 Å². The van der Waals surface area contributed by atoms with Crippen LogP contribution in [0.3, 0.4) is 0 Å². The zero-order chi connectivity index (χ0) is 16.5. The number of ether oxygens (including phenoxy) is 2. The highest BCUT2D eigenvalue weighted by Gasteiger charge is 2.26. The first-order chi connectivity index (χ1) is 11.7. The first-order valence-electron chi connectivity index (χ1n) is 8.45. The van der Waals surface area contributed by atoms with Gasteiger partial charge in [0.2, 0.25) is 6.79 Å². The van der Waals surface area contributed by atoms with Gasteiger partial charge < -0.3 is 14.6 Å². The van der Waals surface area contributed by atoms with Gasteiger partial charge in [0.1, 0.15) is 5.01 Å². The lowest BCUT2D eigenvalue weighted by Crippen LogP contribution is -2.31. The lowest BCUT2D eigenvalue weighted by Gasteiger charge is -2.24. The van der Waals surface area contributed by atoms with Crippen LogP contribution in [0.25, 0.3) is 10.6 Å². The molecule has 24 heavy (non-hydrogen) atoms. The monoisotopic (exact) mass is 346 g/mol. The number of aliphatic hydroxyl groups excluding tert-OH is 1. The molecule has 2 unspecified atom stereocenters. The number of benzene rings is 1. The fourth-order valence-corrected chi connectivity index (χ4v) is 4.32. The maximum Gasteiger partial charge on any atom is 0.231 e. The van der Waals surface area contributed by atoms with E-state index in [1.807, 2.05) is 25.1 Å². The van der Waals surface area contributed by atoms with E-state index in [4.69, 9.17) is 14.5 Å². The van der Waals surface area contributed by atoms with Crippen molar-refractivity contribution in [3.63, 3.8) is 0 Å². The summed E-state index contributed by atoms with van der Waals surface area (Å²) < 4.78 is 10.8. The van der Waals surface area contributed by atoms with Gasteiger partial charge in [0.15, 0.2) is 11.5 Å². The Morgan fingerprint density at radius 2 is 2.25 bits per heavy atom. The third-order valence-electron chi connectivity index (χ3n) is 4.65. The van der Waals surface area contributed by atoms with E-state index < -0.39 is 0 Å². The van der Waals surface area contributed by atoms with E-state index in [0.717, 1.165) is 47.3 Å². The second-order valence-corrected chi connectivity index (χ2v) is 7.42. The Morgan fingerprint density at radius 3 is 3.12 bits per heavy atom. The molecule has 1 aromatic heterocycles. The molecule has 0 saturated carbocycles. The minimum absolute atomic E-state index is 0.241. The first-order valence-corrected chi connectivity index (χ1v) is 9.33. The fraction of sp³-hybridized carbons (Fsp3) is 0.500. The molecule has 0 spiro atoms. The molecular weight excluding hydrogens is 324 g/mol. The molecular formula is C18H22N2O3S. The van der Waals surface area contributed by atoms with Crippen molar-refractivity contribution in [3.05, 3.63) is 29.3 Å². The van der Waals surface area contributed by atoms with Crippen LogP contribution < -0.4 is 9.47 Å². The zero-order valence-electron chi connectivity index (χ0n) is 13.8. The van der Waals surface area contributed by atoms with Gasteiger partial charge in [-0.1, -0.05) is 0 Å². The molecule has 1 fully saturated rings. The van der Waals surface area contributed by atoms with Gasteiger partial charge in [0, 0.05) is 23.5 Å². The second-order valence-electron chi connectivity index (χ2n) is 6.56. The van der Waals surface area contributed by atoms with E-state index in [1.165, 1.54) is 12.8 Å². The quantitative estimate of drug-likeness (QED) is 0.900. The van der Waals surface area contributed by atoms with Gasteiger partial charge in [-0.15, -0.1) is 11.3 Å². The predicted octanol–water partition coefficient (Wildman–Crippen LogP) is 3.27. The van der Waals surface area contributed by atoms with Crippen molar-refractivity contribution in [2.45, 2.75) is 44.9 Å². The number of thiazole rings is 1. The molecule has 2 aliphatic rings. The van der Waals surface area contributed by atoms with Crippen LogP contribution in [0.1, 0.15) is 31.9 Å². The van der Waals surface area contributed by atoms with Crippen LogP contribution in [-0.4, -0.2) is 40.5 Å².